The fraction of sp³-hybridized carbons (Fsp3) is 0.231. The van der Waals surface area contributed by atoms with Gasteiger partial charge in [-0.1, -0.05) is 30.3 Å². The van der Waals surface area contributed by atoms with Gasteiger partial charge in [0.05, 0.1) is 12.5 Å². The van der Waals surface area contributed by atoms with Crippen molar-refractivity contribution in [2.45, 2.75) is 17.9 Å². The van der Waals surface area contributed by atoms with Gasteiger partial charge in [0.1, 0.15) is 0 Å². The number of furan rings is 1. The van der Waals surface area contributed by atoms with Crippen molar-refractivity contribution >= 4 is 11.8 Å². The van der Waals surface area contributed by atoms with Gasteiger partial charge in [0.15, 0.2) is 0 Å². The molecule has 2 aromatic rings. The van der Waals surface area contributed by atoms with Crippen LogP contribution in [0.1, 0.15) is 23.3 Å². The molecule has 0 bridgehead atoms. The summed E-state index contributed by atoms with van der Waals surface area (Å²) < 4.78 is 5.07. The lowest BCUT2D eigenvalue weighted by molar-refractivity contribution is 0.564. The van der Waals surface area contributed by atoms with Crippen molar-refractivity contribution in [3.05, 3.63) is 60.1 Å². The Bertz CT molecular complexity index is 380. The molecule has 78 valence electrons. The van der Waals surface area contributed by atoms with Gasteiger partial charge in [-0.25, -0.2) is 0 Å². The second kappa shape index (κ2) is 5.08. The van der Waals surface area contributed by atoms with E-state index < -0.39 is 0 Å². The standard InChI is InChI=1S/C13H14OS/c1-11(13-7-8-14-9-13)15-10-12-5-3-2-4-6-12/h2-9,11H,10H2,1H3. The van der Waals surface area contributed by atoms with Gasteiger partial charge in [-0.2, -0.15) is 0 Å². The maximum atomic E-state index is 5.07. The summed E-state index contributed by atoms with van der Waals surface area (Å²) in [6, 6.07) is 12.6. The molecule has 0 amide bonds. The molecule has 2 rings (SSSR count). The second-order valence-corrected chi connectivity index (χ2v) is 4.82. The average Bonchev–Trinajstić information content (AvgIpc) is 2.81. The van der Waals surface area contributed by atoms with Crippen LogP contribution in [0.4, 0.5) is 0 Å². The summed E-state index contributed by atoms with van der Waals surface area (Å²) >= 11 is 1.93. The van der Waals surface area contributed by atoms with Gasteiger partial charge in [-0.15, -0.1) is 11.8 Å². The van der Waals surface area contributed by atoms with Crippen LogP contribution < -0.4 is 0 Å². The summed E-state index contributed by atoms with van der Waals surface area (Å²) in [5.41, 5.74) is 2.63. The van der Waals surface area contributed by atoms with Gasteiger partial charge in [-0.05, 0) is 18.6 Å². The Hall–Kier alpha value is -1.15. The van der Waals surface area contributed by atoms with Crippen LogP contribution in [0.2, 0.25) is 0 Å². The number of benzene rings is 1. The third-order valence-corrected chi connectivity index (χ3v) is 3.63. The molecule has 1 unspecified atom stereocenters. The zero-order valence-electron chi connectivity index (χ0n) is 8.72. The summed E-state index contributed by atoms with van der Waals surface area (Å²) in [6.07, 6.45) is 3.55. The molecule has 2 heteroatoms. The minimum Gasteiger partial charge on any atom is -0.472 e. The van der Waals surface area contributed by atoms with E-state index in [1.54, 1.807) is 6.26 Å². The van der Waals surface area contributed by atoms with Crippen LogP contribution in [0.15, 0.2) is 53.3 Å². The van der Waals surface area contributed by atoms with Crippen LogP contribution in [0.5, 0.6) is 0 Å². The Morgan fingerprint density at radius 1 is 1.20 bits per heavy atom. The average molecular weight is 218 g/mol. The van der Waals surface area contributed by atoms with E-state index in [1.807, 2.05) is 30.2 Å². The monoisotopic (exact) mass is 218 g/mol. The van der Waals surface area contributed by atoms with Crippen LogP contribution in [0.25, 0.3) is 0 Å². The van der Waals surface area contributed by atoms with Gasteiger partial charge in [0.2, 0.25) is 0 Å². The Kier molecular flexibility index (Phi) is 3.51. The number of rotatable bonds is 4. The van der Waals surface area contributed by atoms with E-state index in [4.69, 9.17) is 4.42 Å². The Labute approximate surface area is 94.5 Å². The SMILES string of the molecule is CC(SCc1ccccc1)c1ccoc1. The van der Waals surface area contributed by atoms with Gasteiger partial charge < -0.3 is 4.42 Å². The van der Waals surface area contributed by atoms with Crippen LogP contribution in [-0.4, -0.2) is 0 Å². The van der Waals surface area contributed by atoms with Crippen LogP contribution in [0, 0.1) is 0 Å². The molecule has 0 radical (unpaired) electrons. The number of hydrogen-bond acceptors (Lipinski definition) is 2. The first kappa shape index (κ1) is 10.4. The first-order valence-electron chi connectivity index (χ1n) is 5.04. The summed E-state index contributed by atoms with van der Waals surface area (Å²) in [6.45, 7) is 2.21. The van der Waals surface area contributed by atoms with Crippen molar-refractivity contribution in [3.63, 3.8) is 0 Å². The first-order chi connectivity index (χ1) is 7.36. The minimum absolute atomic E-state index is 0.490. The molecule has 1 nitrogen and oxygen atoms in total. The predicted octanol–water partition coefficient (Wildman–Crippen LogP) is 4.27. The second-order valence-electron chi connectivity index (χ2n) is 3.50. The zero-order chi connectivity index (χ0) is 10.5. The highest BCUT2D eigenvalue weighted by atomic mass is 32.2. The molecule has 1 heterocycles. The summed E-state index contributed by atoms with van der Waals surface area (Å²) in [7, 11) is 0. The molecule has 0 N–H and O–H groups in total. The van der Waals surface area contributed by atoms with Crippen molar-refractivity contribution in [2.24, 2.45) is 0 Å². The normalized spacial score (nSPS) is 12.6. The topological polar surface area (TPSA) is 13.1 Å². The van der Waals surface area contributed by atoms with Gasteiger partial charge in [0, 0.05) is 16.6 Å². The molecule has 0 spiro atoms. The predicted molar refractivity (Wildman–Crippen MR) is 64.9 cm³/mol. The van der Waals surface area contributed by atoms with Gasteiger partial charge in [-0.3, -0.25) is 0 Å². The quantitative estimate of drug-likeness (QED) is 0.760. The fourth-order valence-corrected chi connectivity index (χ4v) is 2.36. The number of thioether (sulfide) groups is 1. The van der Waals surface area contributed by atoms with E-state index in [1.165, 1.54) is 11.1 Å². The maximum Gasteiger partial charge on any atom is 0.0945 e. The van der Waals surface area contributed by atoms with Crippen LogP contribution >= 0.6 is 11.8 Å². The lowest BCUT2D eigenvalue weighted by Crippen LogP contribution is -1.87. The molecule has 1 atom stereocenters. The van der Waals surface area contributed by atoms with E-state index in [9.17, 15) is 0 Å². The molecule has 1 aromatic carbocycles. The summed E-state index contributed by atoms with van der Waals surface area (Å²) in [5.74, 6) is 1.05. The number of hydrogen-bond donors (Lipinski definition) is 0. The molecule has 0 fully saturated rings. The Morgan fingerprint density at radius 3 is 2.67 bits per heavy atom. The zero-order valence-corrected chi connectivity index (χ0v) is 9.54. The maximum absolute atomic E-state index is 5.07. The van der Waals surface area contributed by atoms with Gasteiger partial charge in [0.25, 0.3) is 0 Å². The third-order valence-electron chi connectivity index (χ3n) is 2.36. The van der Waals surface area contributed by atoms with Crippen molar-refractivity contribution in [2.75, 3.05) is 0 Å². The summed E-state index contributed by atoms with van der Waals surface area (Å²) in [4.78, 5) is 0. The molecule has 0 saturated heterocycles. The molecular formula is C13H14OS. The highest BCUT2D eigenvalue weighted by molar-refractivity contribution is 7.98. The highest BCUT2D eigenvalue weighted by Crippen LogP contribution is 2.30. The molecule has 0 saturated carbocycles. The van der Waals surface area contributed by atoms with Crippen molar-refractivity contribution in [1.29, 1.82) is 0 Å². The van der Waals surface area contributed by atoms with Crippen molar-refractivity contribution in [1.82, 2.24) is 0 Å². The molecule has 0 aliphatic rings. The third kappa shape index (κ3) is 2.90. The minimum atomic E-state index is 0.490. The van der Waals surface area contributed by atoms with E-state index in [0.29, 0.717) is 5.25 Å². The molecule has 15 heavy (non-hydrogen) atoms. The lowest BCUT2D eigenvalue weighted by atomic mass is 10.2. The largest absolute Gasteiger partial charge is 0.472 e. The van der Waals surface area contributed by atoms with Crippen molar-refractivity contribution < 1.29 is 4.42 Å². The fourth-order valence-electron chi connectivity index (χ4n) is 1.40. The van der Waals surface area contributed by atoms with E-state index in [2.05, 4.69) is 31.2 Å². The van der Waals surface area contributed by atoms with Gasteiger partial charge >= 0.3 is 0 Å². The first-order valence-corrected chi connectivity index (χ1v) is 6.09. The van der Waals surface area contributed by atoms with E-state index in [-0.39, 0.29) is 0 Å². The molecular weight excluding hydrogens is 204 g/mol. The molecule has 0 aliphatic heterocycles. The van der Waals surface area contributed by atoms with Crippen molar-refractivity contribution in [3.8, 4) is 0 Å². The lowest BCUT2D eigenvalue weighted by Gasteiger charge is -2.08. The molecule has 1 aromatic heterocycles. The van der Waals surface area contributed by atoms with E-state index >= 15 is 0 Å². The smallest absolute Gasteiger partial charge is 0.0945 e. The Balaban J connectivity index is 1.89. The summed E-state index contributed by atoms with van der Waals surface area (Å²) in [5, 5.41) is 0.490. The van der Waals surface area contributed by atoms with Crippen LogP contribution in [-0.2, 0) is 5.75 Å². The molecule has 0 aliphatic carbocycles. The Morgan fingerprint density at radius 2 is 2.00 bits per heavy atom. The highest BCUT2D eigenvalue weighted by Gasteiger charge is 2.06. The van der Waals surface area contributed by atoms with E-state index in [0.717, 1.165) is 5.75 Å². The van der Waals surface area contributed by atoms with Crippen LogP contribution in [0.3, 0.4) is 0 Å².